The van der Waals surface area contributed by atoms with E-state index in [-0.39, 0.29) is 6.04 Å². The monoisotopic (exact) mass is 342 g/mol. The number of likely N-dealkylation sites (N-methyl/N-ethyl adjacent to an activating group) is 1. The Morgan fingerprint density at radius 1 is 1.53 bits per heavy atom. The molecule has 0 aromatic carbocycles. The van der Waals surface area contributed by atoms with Gasteiger partial charge in [-0.1, -0.05) is 0 Å². The van der Waals surface area contributed by atoms with E-state index >= 15 is 0 Å². The molecule has 2 N–H and O–H groups in total. The van der Waals surface area contributed by atoms with Crippen LogP contribution in [0, 0.1) is 6.92 Å². The molecule has 19 heavy (non-hydrogen) atoms. The lowest BCUT2D eigenvalue weighted by Crippen LogP contribution is -2.23. The van der Waals surface area contributed by atoms with Gasteiger partial charge >= 0.3 is 0 Å². The molecule has 0 amide bonds. The SMILES string of the molecule is Cc1ccsc1C(N)c1c(Br)cnn1CCN(C)C. The van der Waals surface area contributed by atoms with Crippen molar-refractivity contribution in [3.63, 3.8) is 0 Å². The lowest BCUT2D eigenvalue weighted by molar-refractivity contribution is 0.368. The molecule has 2 aromatic rings. The van der Waals surface area contributed by atoms with Gasteiger partial charge in [0.05, 0.1) is 29.0 Å². The third-order valence-corrected chi connectivity index (χ3v) is 4.78. The average Bonchev–Trinajstić information content (AvgIpc) is 2.92. The highest BCUT2D eigenvalue weighted by Crippen LogP contribution is 2.31. The first-order valence-corrected chi connectivity index (χ1v) is 7.83. The first-order valence-electron chi connectivity index (χ1n) is 6.16. The molecule has 0 fully saturated rings. The molecule has 2 aromatic heterocycles. The minimum Gasteiger partial charge on any atom is -0.318 e. The maximum atomic E-state index is 6.42. The molecule has 0 saturated carbocycles. The van der Waals surface area contributed by atoms with Crippen molar-refractivity contribution in [2.75, 3.05) is 20.6 Å². The highest BCUT2D eigenvalue weighted by molar-refractivity contribution is 9.10. The van der Waals surface area contributed by atoms with Crippen molar-refractivity contribution in [2.45, 2.75) is 19.5 Å². The predicted molar refractivity (Wildman–Crippen MR) is 83.6 cm³/mol. The van der Waals surface area contributed by atoms with E-state index in [4.69, 9.17) is 5.73 Å². The molecule has 0 aliphatic carbocycles. The number of halogens is 1. The van der Waals surface area contributed by atoms with Crippen molar-refractivity contribution in [2.24, 2.45) is 5.73 Å². The average molecular weight is 343 g/mol. The Labute approximate surface area is 126 Å². The van der Waals surface area contributed by atoms with Crippen LogP contribution in [0.1, 0.15) is 22.2 Å². The molecule has 1 unspecified atom stereocenters. The zero-order valence-corrected chi connectivity index (χ0v) is 13.8. The van der Waals surface area contributed by atoms with Crippen molar-refractivity contribution >= 4 is 27.3 Å². The van der Waals surface area contributed by atoms with E-state index in [1.54, 1.807) is 11.3 Å². The second-order valence-electron chi connectivity index (χ2n) is 4.85. The van der Waals surface area contributed by atoms with Crippen LogP contribution in [0.15, 0.2) is 22.1 Å². The summed E-state index contributed by atoms with van der Waals surface area (Å²) in [5, 5.41) is 6.50. The normalized spacial score (nSPS) is 13.2. The van der Waals surface area contributed by atoms with Crippen LogP contribution in [-0.2, 0) is 6.54 Å². The number of nitrogens with two attached hydrogens (primary N) is 1. The van der Waals surface area contributed by atoms with Crippen molar-refractivity contribution in [3.8, 4) is 0 Å². The Balaban J connectivity index is 2.28. The van der Waals surface area contributed by atoms with Gasteiger partial charge in [-0.25, -0.2) is 0 Å². The van der Waals surface area contributed by atoms with Gasteiger partial charge in [-0.2, -0.15) is 5.10 Å². The lowest BCUT2D eigenvalue weighted by Gasteiger charge is -2.16. The largest absolute Gasteiger partial charge is 0.318 e. The fraction of sp³-hybridized carbons (Fsp3) is 0.462. The van der Waals surface area contributed by atoms with Crippen molar-refractivity contribution in [1.82, 2.24) is 14.7 Å². The number of hydrogen-bond acceptors (Lipinski definition) is 4. The predicted octanol–water partition coefficient (Wildman–Crippen LogP) is 2.63. The van der Waals surface area contributed by atoms with E-state index in [9.17, 15) is 0 Å². The summed E-state index contributed by atoms with van der Waals surface area (Å²) in [7, 11) is 4.11. The van der Waals surface area contributed by atoms with Gasteiger partial charge < -0.3 is 10.6 Å². The molecule has 0 radical (unpaired) electrons. The van der Waals surface area contributed by atoms with Crippen molar-refractivity contribution < 1.29 is 0 Å². The summed E-state index contributed by atoms with van der Waals surface area (Å²) < 4.78 is 2.97. The fourth-order valence-corrected chi connectivity index (χ4v) is 3.46. The molecule has 0 aliphatic rings. The van der Waals surface area contributed by atoms with Crippen molar-refractivity contribution in [3.05, 3.63) is 38.3 Å². The van der Waals surface area contributed by atoms with Gasteiger partial charge in [0.1, 0.15) is 0 Å². The summed E-state index contributed by atoms with van der Waals surface area (Å²) in [6.45, 7) is 3.88. The number of aromatic nitrogens is 2. The van der Waals surface area contributed by atoms with E-state index in [0.717, 1.165) is 23.3 Å². The van der Waals surface area contributed by atoms with E-state index in [1.807, 2.05) is 10.9 Å². The molecule has 0 spiro atoms. The summed E-state index contributed by atoms with van der Waals surface area (Å²) in [5.74, 6) is 0. The Hall–Kier alpha value is -0.690. The van der Waals surface area contributed by atoms with Crippen LogP contribution in [0.25, 0.3) is 0 Å². The summed E-state index contributed by atoms with van der Waals surface area (Å²) >= 11 is 5.26. The molecule has 1 atom stereocenters. The molecule has 2 rings (SSSR count). The topological polar surface area (TPSA) is 47.1 Å². The maximum Gasteiger partial charge on any atom is 0.0831 e. The molecule has 0 bridgehead atoms. The van der Waals surface area contributed by atoms with E-state index < -0.39 is 0 Å². The van der Waals surface area contributed by atoms with Crippen LogP contribution in [0.5, 0.6) is 0 Å². The summed E-state index contributed by atoms with van der Waals surface area (Å²) in [6.07, 6.45) is 1.83. The zero-order valence-electron chi connectivity index (χ0n) is 11.4. The smallest absolute Gasteiger partial charge is 0.0831 e. The fourth-order valence-electron chi connectivity index (χ4n) is 1.98. The molecule has 4 nitrogen and oxygen atoms in total. The molecular formula is C13H19BrN4S. The first-order chi connectivity index (χ1) is 9.00. The second-order valence-corrected chi connectivity index (χ2v) is 6.65. The third kappa shape index (κ3) is 3.25. The zero-order chi connectivity index (χ0) is 14.0. The molecule has 0 saturated heterocycles. The Morgan fingerprint density at radius 2 is 2.26 bits per heavy atom. The van der Waals surface area contributed by atoms with Gasteiger partial charge in [0, 0.05) is 11.4 Å². The summed E-state index contributed by atoms with van der Waals surface area (Å²) in [5.41, 5.74) is 8.71. The first kappa shape index (κ1) is 14.7. The number of hydrogen-bond donors (Lipinski definition) is 1. The van der Waals surface area contributed by atoms with Gasteiger partial charge in [-0.3, -0.25) is 4.68 Å². The van der Waals surface area contributed by atoms with Gasteiger partial charge in [0.25, 0.3) is 0 Å². The maximum absolute atomic E-state index is 6.42. The highest BCUT2D eigenvalue weighted by atomic mass is 79.9. The minimum absolute atomic E-state index is 0.126. The Kier molecular flexibility index (Phi) is 4.78. The minimum atomic E-state index is -0.126. The van der Waals surface area contributed by atoms with Crippen LogP contribution in [0.3, 0.4) is 0 Å². The van der Waals surface area contributed by atoms with Crippen LogP contribution in [-0.4, -0.2) is 35.3 Å². The van der Waals surface area contributed by atoms with E-state index in [1.165, 1.54) is 10.4 Å². The van der Waals surface area contributed by atoms with E-state index in [0.29, 0.717) is 0 Å². The number of rotatable bonds is 5. The molecule has 6 heteroatoms. The van der Waals surface area contributed by atoms with Crippen LogP contribution in [0.2, 0.25) is 0 Å². The van der Waals surface area contributed by atoms with Gasteiger partial charge in [0.2, 0.25) is 0 Å². The van der Waals surface area contributed by atoms with E-state index in [2.05, 4.69) is 58.4 Å². The highest BCUT2D eigenvalue weighted by Gasteiger charge is 2.20. The number of nitrogens with zero attached hydrogens (tertiary/aromatic N) is 3. The van der Waals surface area contributed by atoms with Crippen LogP contribution in [0.4, 0.5) is 0 Å². The second kappa shape index (κ2) is 6.17. The molecule has 104 valence electrons. The summed E-state index contributed by atoms with van der Waals surface area (Å²) in [4.78, 5) is 3.34. The van der Waals surface area contributed by atoms with Gasteiger partial charge in [0.15, 0.2) is 0 Å². The van der Waals surface area contributed by atoms with Crippen LogP contribution >= 0.6 is 27.3 Å². The van der Waals surface area contributed by atoms with Crippen LogP contribution < -0.4 is 5.73 Å². The molecular weight excluding hydrogens is 324 g/mol. The van der Waals surface area contributed by atoms with Gasteiger partial charge in [-0.05, 0) is 54.0 Å². The quantitative estimate of drug-likeness (QED) is 0.908. The number of aryl methyl sites for hydroxylation is 1. The van der Waals surface area contributed by atoms with Crippen molar-refractivity contribution in [1.29, 1.82) is 0 Å². The lowest BCUT2D eigenvalue weighted by atomic mass is 10.1. The number of thiophene rings is 1. The van der Waals surface area contributed by atoms with Gasteiger partial charge in [-0.15, -0.1) is 11.3 Å². The standard InChI is InChI=1S/C13H19BrN4S/c1-9-4-7-19-13(9)11(15)12-10(14)8-16-18(12)6-5-17(2)3/h4,7-8,11H,5-6,15H2,1-3H3. The summed E-state index contributed by atoms with van der Waals surface area (Å²) in [6, 6.07) is 1.98. The Morgan fingerprint density at radius 3 is 2.84 bits per heavy atom. The Bertz CT molecular complexity index is 547. The third-order valence-electron chi connectivity index (χ3n) is 3.07. The molecule has 2 heterocycles. The molecule has 0 aliphatic heterocycles.